The third-order valence-corrected chi connectivity index (χ3v) is 1.65. The SMILES string of the molecule is CC(C)COc1[c]ccc(CN)c1. The zero-order valence-electron chi connectivity index (χ0n) is 8.21. The minimum Gasteiger partial charge on any atom is -0.493 e. The molecular weight excluding hydrogens is 162 g/mol. The van der Waals surface area contributed by atoms with Gasteiger partial charge in [-0.2, -0.15) is 0 Å². The molecule has 0 bridgehead atoms. The molecule has 1 radical (unpaired) electrons. The van der Waals surface area contributed by atoms with Gasteiger partial charge in [-0.1, -0.05) is 26.0 Å². The molecular formula is C11H16NO. The molecule has 1 rings (SSSR count). The van der Waals surface area contributed by atoms with Crippen molar-refractivity contribution in [2.24, 2.45) is 11.7 Å². The van der Waals surface area contributed by atoms with Crippen LogP contribution in [0.2, 0.25) is 0 Å². The van der Waals surface area contributed by atoms with Gasteiger partial charge in [-0.3, -0.25) is 0 Å². The Morgan fingerprint density at radius 3 is 2.92 bits per heavy atom. The quantitative estimate of drug-likeness (QED) is 0.765. The van der Waals surface area contributed by atoms with Crippen molar-refractivity contribution in [3.63, 3.8) is 0 Å². The lowest BCUT2D eigenvalue weighted by atomic mass is 10.2. The van der Waals surface area contributed by atoms with E-state index in [-0.39, 0.29) is 0 Å². The second-order valence-electron chi connectivity index (χ2n) is 3.47. The van der Waals surface area contributed by atoms with Crippen LogP contribution in [0.4, 0.5) is 0 Å². The summed E-state index contributed by atoms with van der Waals surface area (Å²) in [5.74, 6) is 1.33. The summed E-state index contributed by atoms with van der Waals surface area (Å²) in [4.78, 5) is 0. The van der Waals surface area contributed by atoms with E-state index in [4.69, 9.17) is 10.5 Å². The van der Waals surface area contributed by atoms with E-state index in [2.05, 4.69) is 19.9 Å². The predicted molar refractivity (Wildman–Crippen MR) is 53.5 cm³/mol. The molecule has 0 saturated carbocycles. The number of hydrogen-bond donors (Lipinski definition) is 1. The van der Waals surface area contributed by atoms with E-state index in [0.29, 0.717) is 12.5 Å². The summed E-state index contributed by atoms with van der Waals surface area (Å²) in [5.41, 5.74) is 6.59. The van der Waals surface area contributed by atoms with Gasteiger partial charge in [-0.25, -0.2) is 0 Å². The molecule has 1 aromatic carbocycles. The van der Waals surface area contributed by atoms with Crippen LogP contribution >= 0.6 is 0 Å². The van der Waals surface area contributed by atoms with Crippen LogP contribution in [0, 0.1) is 12.0 Å². The highest BCUT2D eigenvalue weighted by Crippen LogP contribution is 2.12. The summed E-state index contributed by atoms with van der Waals surface area (Å²) >= 11 is 0. The van der Waals surface area contributed by atoms with Crippen molar-refractivity contribution >= 4 is 0 Å². The molecule has 0 spiro atoms. The molecule has 2 heteroatoms. The Hall–Kier alpha value is -1.02. The van der Waals surface area contributed by atoms with Gasteiger partial charge in [0.05, 0.1) is 6.61 Å². The zero-order chi connectivity index (χ0) is 9.68. The van der Waals surface area contributed by atoms with Gasteiger partial charge in [-0.15, -0.1) is 0 Å². The molecule has 0 unspecified atom stereocenters. The molecule has 2 N–H and O–H groups in total. The number of nitrogens with two attached hydrogens (primary N) is 1. The van der Waals surface area contributed by atoms with Crippen LogP contribution in [0.3, 0.4) is 0 Å². The Labute approximate surface area is 79.7 Å². The first-order valence-corrected chi connectivity index (χ1v) is 4.56. The van der Waals surface area contributed by atoms with Crippen molar-refractivity contribution in [1.29, 1.82) is 0 Å². The van der Waals surface area contributed by atoms with Gasteiger partial charge >= 0.3 is 0 Å². The van der Waals surface area contributed by atoms with Gasteiger partial charge in [0, 0.05) is 12.6 Å². The molecule has 1 aromatic rings. The molecule has 0 saturated heterocycles. The van der Waals surface area contributed by atoms with Crippen molar-refractivity contribution in [2.45, 2.75) is 20.4 Å². The fraction of sp³-hybridized carbons (Fsp3) is 0.455. The molecule has 0 aliphatic rings. The largest absolute Gasteiger partial charge is 0.493 e. The van der Waals surface area contributed by atoms with E-state index in [1.165, 1.54) is 0 Å². The van der Waals surface area contributed by atoms with Crippen LogP contribution in [0.25, 0.3) is 0 Å². The zero-order valence-corrected chi connectivity index (χ0v) is 8.21. The van der Waals surface area contributed by atoms with Crippen molar-refractivity contribution in [3.05, 3.63) is 29.8 Å². The fourth-order valence-corrected chi connectivity index (χ4v) is 0.956. The monoisotopic (exact) mass is 178 g/mol. The maximum absolute atomic E-state index is 5.51. The predicted octanol–water partition coefficient (Wildman–Crippen LogP) is 1.98. The van der Waals surface area contributed by atoms with Gasteiger partial charge in [0.2, 0.25) is 0 Å². The van der Waals surface area contributed by atoms with Crippen LogP contribution in [0.5, 0.6) is 5.75 Å². The minimum absolute atomic E-state index is 0.537. The summed E-state index contributed by atoms with van der Waals surface area (Å²) < 4.78 is 5.50. The van der Waals surface area contributed by atoms with Crippen molar-refractivity contribution in [2.75, 3.05) is 6.61 Å². The maximum Gasteiger partial charge on any atom is 0.127 e. The Morgan fingerprint density at radius 2 is 2.31 bits per heavy atom. The first kappa shape index (κ1) is 10.1. The van der Waals surface area contributed by atoms with Gasteiger partial charge in [0.1, 0.15) is 5.75 Å². The van der Waals surface area contributed by atoms with Gasteiger partial charge in [-0.05, 0) is 17.5 Å². The standard InChI is InChI=1S/C11H16NO/c1-9(2)8-13-11-5-3-4-10(6-11)7-12/h3-4,6,9H,7-8,12H2,1-2H3. The lowest BCUT2D eigenvalue weighted by Crippen LogP contribution is -2.05. The second-order valence-corrected chi connectivity index (χ2v) is 3.47. The molecule has 0 aromatic heterocycles. The number of ether oxygens (including phenoxy) is 1. The van der Waals surface area contributed by atoms with Crippen molar-refractivity contribution in [1.82, 2.24) is 0 Å². The first-order valence-electron chi connectivity index (χ1n) is 4.56. The smallest absolute Gasteiger partial charge is 0.127 e. The summed E-state index contributed by atoms with van der Waals surface area (Å²) in [5, 5.41) is 0. The van der Waals surface area contributed by atoms with E-state index < -0.39 is 0 Å². The van der Waals surface area contributed by atoms with E-state index in [9.17, 15) is 0 Å². The van der Waals surface area contributed by atoms with Gasteiger partial charge in [0.15, 0.2) is 0 Å². The Morgan fingerprint density at radius 1 is 1.54 bits per heavy atom. The fourth-order valence-electron chi connectivity index (χ4n) is 0.956. The van der Waals surface area contributed by atoms with Crippen LogP contribution in [0.1, 0.15) is 19.4 Å². The molecule has 0 atom stereocenters. The number of benzene rings is 1. The molecule has 0 fully saturated rings. The highest BCUT2D eigenvalue weighted by atomic mass is 16.5. The second kappa shape index (κ2) is 4.87. The molecule has 0 aliphatic carbocycles. The highest BCUT2D eigenvalue weighted by Gasteiger charge is 1.97. The summed E-state index contributed by atoms with van der Waals surface area (Å²) in [6.07, 6.45) is 0. The summed E-state index contributed by atoms with van der Waals surface area (Å²) in [6, 6.07) is 8.75. The van der Waals surface area contributed by atoms with E-state index >= 15 is 0 Å². The maximum atomic E-state index is 5.51. The van der Waals surface area contributed by atoms with E-state index in [0.717, 1.165) is 17.9 Å². The normalized spacial score (nSPS) is 10.5. The Balaban J connectivity index is 2.56. The summed E-state index contributed by atoms with van der Waals surface area (Å²) in [7, 11) is 0. The molecule has 0 amide bonds. The average molecular weight is 178 g/mol. The van der Waals surface area contributed by atoms with Crippen LogP contribution in [-0.2, 0) is 6.54 Å². The molecule has 2 nitrogen and oxygen atoms in total. The van der Waals surface area contributed by atoms with Crippen molar-refractivity contribution in [3.8, 4) is 5.75 Å². The van der Waals surface area contributed by atoms with Crippen molar-refractivity contribution < 1.29 is 4.74 Å². The lowest BCUT2D eigenvalue weighted by Gasteiger charge is -2.08. The highest BCUT2D eigenvalue weighted by molar-refractivity contribution is 5.27. The Bertz CT molecular complexity index is 258. The minimum atomic E-state index is 0.537. The molecule has 71 valence electrons. The third kappa shape index (κ3) is 3.47. The Kier molecular flexibility index (Phi) is 3.77. The number of rotatable bonds is 4. The first-order chi connectivity index (χ1) is 6.22. The van der Waals surface area contributed by atoms with Gasteiger partial charge in [0.25, 0.3) is 0 Å². The van der Waals surface area contributed by atoms with E-state index in [1.54, 1.807) is 0 Å². The topological polar surface area (TPSA) is 35.2 Å². The summed E-state index contributed by atoms with van der Waals surface area (Å²) in [6.45, 7) is 5.51. The molecule has 0 heterocycles. The van der Waals surface area contributed by atoms with Crippen LogP contribution in [0.15, 0.2) is 18.2 Å². The van der Waals surface area contributed by atoms with Gasteiger partial charge < -0.3 is 10.5 Å². The third-order valence-electron chi connectivity index (χ3n) is 1.65. The molecule has 0 aliphatic heterocycles. The van der Waals surface area contributed by atoms with E-state index in [1.807, 2.05) is 18.2 Å². The average Bonchev–Trinajstić information content (AvgIpc) is 2.15. The van der Waals surface area contributed by atoms with Crippen LogP contribution in [-0.4, -0.2) is 6.61 Å². The lowest BCUT2D eigenvalue weighted by molar-refractivity contribution is 0.270. The van der Waals surface area contributed by atoms with Crippen LogP contribution < -0.4 is 10.5 Å². The molecule has 13 heavy (non-hydrogen) atoms. The number of hydrogen-bond acceptors (Lipinski definition) is 2.